The molecule has 1 rings (SSSR count). The maximum atomic E-state index is 3.84. The van der Waals surface area contributed by atoms with Gasteiger partial charge in [-0.3, -0.25) is 0 Å². The summed E-state index contributed by atoms with van der Waals surface area (Å²) in [4.78, 5) is 0. The van der Waals surface area contributed by atoms with Gasteiger partial charge in [-0.05, 0) is 47.5 Å². The van der Waals surface area contributed by atoms with Gasteiger partial charge in [-0.25, -0.2) is 0 Å². The molecule has 1 nitrogen and oxygen atoms in total. The molecule has 0 atom stereocenters. The number of anilines is 1. The highest BCUT2D eigenvalue weighted by Gasteiger charge is 1.97. The molecular weight excluding hydrogens is 226 g/mol. The van der Waals surface area contributed by atoms with Gasteiger partial charge in [0, 0.05) is 16.7 Å². The number of nitrogens with one attached hydrogen (secondary N) is 1. The van der Waals surface area contributed by atoms with E-state index in [0.717, 1.165) is 22.3 Å². The molecule has 0 fully saturated rings. The van der Waals surface area contributed by atoms with E-state index in [9.17, 15) is 0 Å². The van der Waals surface area contributed by atoms with E-state index in [1.165, 1.54) is 5.56 Å². The largest absolute Gasteiger partial charge is 0.380 e. The summed E-state index contributed by atoms with van der Waals surface area (Å²) in [6.45, 7) is 8.75. The first kappa shape index (κ1) is 10.3. The first-order valence-corrected chi connectivity index (χ1v) is 5.03. The Hall–Kier alpha value is -0.760. The highest BCUT2D eigenvalue weighted by Crippen LogP contribution is 2.23. The van der Waals surface area contributed by atoms with E-state index in [0.29, 0.717) is 0 Å². The number of hydrogen-bond donors (Lipinski definition) is 1. The molecule has 0 saturated carbocycles. The second-order valence-electron chi connectivity index (χ2n) is 3.29. The number of halogens is 1. The molecule has 70 valence electrons. The highest BCUT2D eigenvalue weighted by atomic mass is 79.9. The Morgan fingerprint density at radius 1 is 1.54 bits per heavy atom. The number of aryl methyl sites for hydroxylation is 1. The van der Waals surface area contributed by atoms with Gasteiger partial charge in [0.25, 0.3) is 0 Å². The van der Waals surface area contributed by atoms with Crippen molar-refractivity contribution in [1.82, 2.24) is 0 Å². The molecule has 0 spiro atoms. The van der Waals surface area contributed by atoms with Gasteiger partial charge in [-0.15, -0.1) is 0 Å². The second kappa shape index (κ2) is 4.47. The van der Waals surface area contributed by atoms with E-state index in [-0.39, 0.29) is 0 Å². The van der Waals surface area contributed by atoms with Crippen molar-refractivity contribution in [3.63, 3.8) is 0 Å². The van der Waals surface area contributed by atoms with E-state index in [2.05, 4.69) is 52.9 Å². The van der Waals surface area contributed by atoms with Crippen molar-refractivity contribution in [3.8, 4) is 0 Å². The SMILES string of the molecule is C=C(C)CNc1ccc(C)cc1Br. The van der Waals surface area contributed by atoms with E-state index >= 15 is 0 Å². The van der Waals surface area contributed by atoms with Crippen molar-refractivity contribution in [3.05, 3.63) is 40.4 Å². The molecule has 0 aliphatic rings. The summed E-state index contributed by atoms with van der Waals surface area (Å²) in [5.41, 5.74) is 3.51. The summed E-state index contributed by atoms with van der Waals surface area (Å²) in [7, 11) is 0. The van der Waals surface area contributed by atoms with Gasteiger partial charge in [0.05, 0.1) is 0 Å². The van der Waals surface area contributed by atoms with E-state index in [4.69, 9.17) is 0 Å². The van der Waals surface area contributed by atoms with E-state index < -0.39 is 0 Å². The Morgan fingerprint density at radius 3 is 2.77 bits per heavy atom. The molecule has 1 N–H and O–H groups in total. The van der Waals surface area contributed by atoms with Crippen LogP contribution in [0.25, 0.3) is 0 Å². The van der Waals surface area contributed by atoms with Crippen LogP contribution in [0.2, 0.25) is 0 Å². The third-order valence-corrected chi connectivity index (χ3v) is 2.36. The average molecular weight is 240 g/mol. The second-order valence-corrected chi connectivity index (χ2v) is 4.15. The Kier molecular flexibility index (Phi) is 3.55. The maximum absolute atomic E-state index is 3.84. The Bertz CT molecular complexity index is 318. The molecule has 13 heavy (non-hydrogen) atoms. The third-order valence-electron chi connectivity index (χ3n) is 1.71. The zero-order chi connectivity index (χ0) is 9.84. The van der Waals surface area contributed by atoms with Crippen molar-refractivity contribution >= 4 is 21.6 Å². The van der Waals surface area contributed by atoms with Crippen molar-refractivity contribution in [2.24, 2.45) is 0 Å². The zero-order valence-corrected chi connectivity index (χ0v) is 9.61. The van der Waals surface area contributed by atoms with Gasteiger partial charge < -0.3 is 5.32 Å². The van der Waals surface area contributed by atoms with Crippen LogP contribution < -0.4 is 5.32 Å². The Balaban J connectivity index is 2.72. The summed E-state index contributed by atoms with van der Waals surface area (Å²) < 4.78 is 1.11. The van der Waals surface area contributed by atoms with E-state index in [1.54, 1.807) is 0 Å². The molecule has 0 heterocycles. The molecule has 0 aromatic heterocycles. The van der Waals surface area contributed by atoms with Crippen molar-refractivity contribution in [2.75, 3.05) is 11.9 Å². The van der Waals surface area contributed by atoms with Crippen LogP contribution in [0, 0.1) is 6.92 Å². The molecule has 0 saturated heterocycles. The molecular formula is C11H14BrN. The predicted octanol–water partition coefficient (Wildman–Crippen LogP) is 3.75. The van der Waals surface area contributed by atoms with Crippen LogP contribution >= 0.6 is 15.9 Å². The van der Waals surface area contributed by atoms with Crippen LogP contribution in [0.3, 0.4) is 0 Å². The molecule has 0 bridgehead atoms. The normalized spacial score (nSPS) is 9.77. The molecule has 2 heteroatoms. The predicted molar refractivity (Wildman–Crippen MR) is 62.2 cm³/mol. The minimum absolute atomic E-state index is 0.821. The number of benzene rings is 1. The van der Waals surface area contributed by atoms with Crippen LogP contribution in [0.4, 0.5) is 5.69 Å². The fraction of sp³-hybridized carbons (Fsp3) is 0.273. The van der Waals surface area contributed by atoms with Gasteiger partial charge in [0.1, 0.15) is 0 Å². The summed E-state index contributed by atoms with van der Waals surface area (Å²) in [5, 5.41) is 3.29. The molecule has 0 amide bonds. The lowest BCUT2D eigenvalue weighted by Crippen LogP contribution is -2.02. The summed E-state index contributed by atoms with van der Waals surface area (Å²) >= 11 is 3.51. The first-order chi connectivity index (χ1) is 6.09. The molecule has 1 aromatic carbocycles. The number of hydrogen-bond acceptors (Lipinski definition) is 1. The smallest absolute Gasteiger partial charge is 0.0487 e. The maximum Gasteiger partial charge on any atom is 0.0487 e. The Morgan fingerprint density at radius 2 is 2.23 bits per heavy atom. The fourth-order valence-electron chi connectivity index (χ4n) is 1.01. The van der Waals surface area contributed by atoms with Crippen LogP contribution in [0.15, 0.2) is 34.8 Å². The lowest BCUT2D eigenvalue weighted by Gasteiger charge is -2.08. The molecule has 0 aliphatic heterocycles. The summed E-state index contributed by atoms with van der Waals surface area (Å²) in [6.07, 6.45) is 0. The molecule has 1 aromatic rings. The standard InChI is InChI=1S/C11H14BrN/c1-8(2)7-13-11-5-4-9(3)6-10(11)12/h4-6,13H,1,7H2,2-3H3. The van der Waals surface area contributed by atoms with Crippen LogP contribution in [-0.2, 0) is 0 Å². The van der Waals surface area contributed by atoms with Gasteiger partial charge >= 0.3 is 0 Å². The van der Waals surface area contributed by atoms with Gasteiger partial charge in [-0.1, -0.05) is 18.2 Å². The number of rotatable bonds is 3. The van der Waals surface area contributed by atoms with Crippen LogP contribution in [-0.4, -0.2) is 6.54 Å². The summed E-state index contributed by atoms with van der Waals surface area (Å²) in [6, 6.07) is 6.26. The zero-order valence-electron chi connectivity index (χ0n) is 8.02. The Labute approximate surface area is 88.0 Å². The van der Waals surface area contributed by atoms with Crippen LogP contribution in [0.5, 0.6) is 0 Å². The molecule has 0 aliphatic carbocycles. The average Bonchev–Trinajstić information content (AvgIpc) is 2.02. The summed E-state index contributed by atoms with van der Waals surface area (Å²) in [5.74, 6) is 0. The van der Waals surface area contributed by atoms with E-state index in [1.807, 2.05) is 6.92 Å². The third kappa shape index (κ3) is 3.23. The lowest BCUT2D eigenvalue weighted by atomic mass is 10.2. The van der Waals surface area contributed by atoms with Crippen molar-refractivity contribution in [2.45, 2.75) is 13.8 Å². The van der Waals surface area contributed by atoms with Gasteiger partial charge in [-0.2, -0.15) is 0 Å². The quantitative estimate of drug-likeness (QED) is 0.793. The van der Waals surface area contributed by atoms with Gasteiger partial charge in [0.2, 0.25) is 0 Å². The van der Waals surface area contributed by atoms with Crippen LogP contribution in [0.1, 0.15) is 12.5 Å². The lowest BCUT2D eigenvalue weighted by molar-refractivity contribution is 1.21. The topological polar surface area (TPSA) is 12.0 Å². The van der Waals surface area contributed by atoms with Crippen molar-refractivity contribution < 1.29 is 0 Å². The molecule has 0 radical (unpaired) electrons. The minimum Gasteiger partial charge on any atom is -0.380 e. The fourth-order valence-corrected chi connectivity index (χ4v) is 1.64. The monoisotopic (exact) mass is 239 g/mol. The van der Waals surface area contributed by atoms with Crippen molar-refractivity contribution in [1.29, 1.82) is 0 Å². The first-order valence-electron chi connectivity index (χ1n) is 4.24. The minimum atomic E-state index is 0.821. The highest BCUT2D eigenvalue weighted by molar-refractivity contribution is 9.10. The van der Waals surface area contributed by atoms with Gasteiger partial charge in [0.15, 0.2) is 0 Å². The molecule has 0 unspecified atom stereocenters.